The number of carbonyl (C=O) groups is 2. The van der Waals surface area contributed by atoms with Gasteiger partial charge in [0.15, 0.2) is 0 Å². The predicted molar refractivity (Wildman–Crippen MR) is 97.3 cm³/mol. The Kier molecular flexibility index (Phi) is 4.75. The van der Waals surface area contributed by atoms with Crippen molar-refractivity contribution in [1.29, 1.82) is 0 Å². The van der Waals surface area contributed by atoms with E-state index in [1.54, 1.807) is 36.1 Å². The molecule has 26 heavy (non-hydrogen) atoms. The van der Waals surface area contributed by atoms with Gasteiger partial charge in [0.2, 0.25) is 11.8 Å². The third kappa shape index (κ3) is 3.44. The van der Waals surface area contributed by atoms with Crippen molar-refractivity contribution < 1.29 is 9.59 Å². The van der Waals surface area contributed by atoms with Crippen molar-refractivity contribution in [2.45, 2.75) is 26.3 Å². The average Bonchev–Trinajstić information content (AvgIpc) is 3.03. The van der Waals surface area contributed by atoms with Gasteiger partial charge in [0.1, 0.15) is 6.54 Å². The molecule has 8 nitrogen and oxygen atoms in total. The highest BCUT2D eigenvalue weighted by molar-refractivity contribution is 5.97. The molecule has 0 aliphatic carbocycles. The fourth-order valence-corrected chi connectivity index (χ4v) is 3.05. The molecule has 0 bridgehead atoms. The van der Waals surface area contributed by atoms with Gasteiger partial charge in [-0.05, 0) is 31.5 Å². The summed E-state index contributed by atoms with van der Waals surface area (Å²) in [6, 6.07) is 6.95. The number of aromatic nitrogens is 2. The van der Waals surface area contributed by atoms with E-state index in [0.717, 1.165) is 11.0 Å². The lowest BCUT2D eigenvalue weighted by atomic mass is 10.2. The molecule has 2 aromatic rings. The van der Waals surface area contributed by atoms with E-state index in [1.807, 2.05) is 0 Å². The molecule has 1 aromatic carbocycles. The van der Waals surface area contributed by atoms with Crippen LogP contribution in [0.1, 0.15) is 18.4 Å². The Hall–Kier alpha value is -3.16. The van der Waals surface area contributed by atoms with E-state index in [0.29, 0.717) is 29.9 Å². The molecule has 0 saturated carbocycles. The van der Waals surface area contributed by atoms with Crippen LogP contribution in [0.25, 0.3) is 0 Å². The van der Waals surface area contributed by atoms with Crippen LogP contribution in [-0.4, -0.2) is 27.5 Å². The first-order valence-electron chi connectivity index (χ1n) is 8.34. The maximum atomic E-state index is 12.3. The minimum absolute atomic E-state index is 0.0586. The normalized spacial score (nSPS) is 13.9. The molecular weight excluding hydrogens is 336 g/mol. The zero-order valence-corrected chi connectivity index (χ0v) is 14.7. The number of nitrogens with zero attached hydrogens (tertiary/aromatic N) is 3. The SMILES string of the molecule is Cc1cn(C)c(=O)n(CC(=O)Nc2cccc(N3CCCC3=O)c2)c1=O. The molecule has 1 aliphatic heterocycles. The van der Waals surface area contributed by atoms with Crippen LogP contribution in [-0.2, 0) is 23.2 Å². The lowest BCUT2D eigenvalue weighted by Gasteiger charge is -2.17. The fourth-order valence-electron chi connectivity index (χ4n) is 3.05. The number of nitrogens with one attached hydrogen (secondary N) is 1. The summed E-state index contributed by atoms with van der Waals surface area (Å²) in [5.74, 6) is -0.428. The highest BCUT2D eigenvalue weighted by atomic mass is 16.2. The van der Waals surface area contributed by atoms with E-state index in [-0.39, 0.29) is 12.5 Å². The highest BCUT2D eigenvalue weighted by Crippen LogP contribution is 2.24. The van der Waals surface area contributed by atoms with Crippen molar-refractivity contribution in [3.8, 4) is 0 Å². The van der Waals surface area contributed by atoms with Crippen LogP contribution in [0.2, 0.25) is 0 Å². The van der Waals surface area contributed by atoms with E-state index < -0.39 is 17.2 Å². The van der Waals surface area contributed by atoms with Gasteiger partial charge in [0.05, 0.1) is 0 Å². The summed E-state index contributed by atoms with van der Waals surface area (Å²) in [7, 11) is 1.53. The molecular formula is C18H20N4O4. The topological polar surface area (TPSA) is 93.4 Å². The van der Waals surface area contributed by atoms with Crippen LogP contribution in [0.3, 0.4) is 0 Å². The molecule has 3 rings (SSSR count). The first kappa shape index (κ1) is 17.7. The summed E-state index contributed by atoms with van der Waals surface area (Å²) < 4.78 is 2.17. The van der Waals surface area contributed by atoms with Crippen molar-refractivity contribution in [3.05, 3.63) is 56.9 Å². The number of hydrogen-bond acceptors (Lipinski definition) is 4. The van der Waals surface area contributed by atoms with Crippen LogP contribution < -0.4 is 21.5 Å². The van der Waals surface area contributed by atoms with Gasteiger partial charge in [0.25, 0.3) is 5.56 Å². The fraction of sp³-hybridized carbons (Fsp3) is 0.333. The maximum absolute atomic E-state index is 12.3. The Morgan fingerprint density at radius 2 is 2.00 bits per heavy atom. The molecule has 2 heterocycles. The summed E-state index contributed by atoms with van der Waals surface area (Å²) in [6.07, 6.45) is 2.78. The van der Waals surface area contributed by atoms with E-state index >= 15 is 0 Å². The predicted octanol–water partition coefficient (Wildman–Crippen LogP) is 0.621. The van der Waals surface area contributed by atoms with Gasteiger partial charge in [-0.2, -0.15) is 0 Å². The molecule has 8 heteroatoms. The van der Waals surface area contributed by atoms with Crippen LogP contribution in [0.5, 0.6) is 0 Å². The summed E-state index contributed by atoms with van der Waals surface area (Å²) in [4.78, 5) is 50.1. The second-order valence-corrected chi connectivity index (χ2v) is 6.34. The molecule has 136 valence electrons. The van der Waals surface area contributed by atoms with Crippen molar-refractivity contribution in [1.82, 2.24) is 9.13 Å². The zero-order valence-electron chi connectivity index (χ0n) is 14.7. The minimum Gasteiger partial charge on any atom is -0.324 e. The average molecular weight is 356 g/mol. The molecule has 0 atom stereocenters. The largest absolute Gasteiger partial charge is 0.331 e. The Morgan fingerprint density at radius 3 is 2.69 bits per heavy atom. The summed E-state index contributed by atoms with van der Waals surface area (Å²) in [5.41, 5.74) is 0.569. The molecule has 0 spiro atoms. The molecule has 1 aromatic heterocycles. The standard InChI is InChI=1S/C18H20N4O4/c1-12-10-20(2)18(26)22(17(12)25)11-15(23)19-13-5-3-6-14(9-13)21-8-4-7-16(21)24/h3,5-6,9-10H,4,7-8,11H2,1-2H3,(H,19,23). The first-order chi connectivity index (χ1) is 12.4. The minimum atomic E-state index is -0.549. The number of rotatable bonds is 4. The molecule has 0 unspecified atom stereocenters. The molecule has 0 radical (unpaired) electrons. The number of amides is 2. The second kappa shape index (κ2) is 6.99. The third-order valence-corrected chi connectivity index (χ3v) is 4.32. The van der Waals surface area contributed by atoms with Gasteiger partial charge in [0, 0.05) is 43.1 Å². The number of aryl methyl sites for hydroxylation is 2. The Balaban J connectivity index is 1.79. The van der Waals surface area contributed by atoms with Crippen LogP contribution in [0.15, 0.2) is 40.1 Å². The number of anilines is 2. The van der Waals surface area contributed by atoms with Crippen LogP contribution >= 0.6 is 0 Å². The van der Waals surface area contributed by atoms with Crippen LogP contribution in [0.4, 0.5) is 11.4 Å². The van der Waals surface area contributed by atoms with Gasteiger partial charge in [-0.3, -0.25) is 19.0 Å². The smallest absolute Gasteiger partial charge is 0.324 e. The maximum Gasteiger partial charge on any atom is 0.331 e. The van der Waals surface area contributed by atoms with E-state index in [9.17, 15) is 19.2 Å². The van der Waals surface area contributed by atoms with E-state index in [4.69, 9.17) is 0 Å². The van der Waals surface area contributed by atoms with E-state index in [1.165, 1.54) is 17.8 Å². The lowest BCUT2D eigenvalue weighted by Crippen LogP contribution is -2.42. The van der Waals surface area contributed by atoms with Crippen molar-refractivity contribution in [3.63, 3.8) is 0 Å². The van der Waals surface area contributed by atoms with Crippen molar-refractivity contribution >= 4 is 23.2 Å². The monoisotopic (exact) mass is 356 g/mol. The van der Waals surface area contributed by atoms with Gasteiger partial charge < -0.3 is 14.8 Å². The Labute approximate surface area is 149 Å². The first-order valence-corrected chi connectivity index (χ1v) is 8.34. The quantitative estimate of drug-likeness (QED) is 0.869. The number of hydrogen-bond donors (Lipinski definition) is 1. The lowest BCUT2D eigenvalue weighted by molar-refractivity contribution is -0.117. The summed E-state index contributed by atoms with van der Waals surface area (Å²) >= 11 is 0. The molecule has 1 aliphatic rings. The van der Waals surface area contributed by atoms with Gasteiger partial charge in [-0.1, -0.05) is 6.07 Å². The second-order valence-electron chi connectivity index (χ2n) is 6.34. The van der Waals surface area contributed by atoms with Crippen molar-refractivity contribution in [2.24, 2.45) is 7.05 Å². The van der Waals surface area contributed by atoms with Gasteiger partial charge in [-0.25, -0.2) is 4.79 Å². The molecule has 1 fully saturated rings. The molecule has 1 saturated heterocycles. The van der Waals surface area contributed by atoms with Crippen LogP contribution in [0, 0.1) is 6.92 Å². The summed E-state index contributed by atoms with van der Waals surface area (Å²) in [5, 5.41) is 2.68. The highest BCUT2D eigenvalue weighted by Gasteiger charge is 2.21. The van der Waals surface area contributed by atoms with Gasteiger partial charge >= 0.3 is 5.69 Å². The zero-order chi connectivity index (χ0) is 18.8. The Bertz CT molecular complexity index is 955. The summed E-state index contributed by atoms with van der Waals surface area (Å²) in [6.45, 7) is 1.87. The van der Waals surface area contributed by atoms with Gasteiger partial charge in [-0.15, -0.1) is 0 Å². The number of benzene rings is 1. The third-order valence-electron chi connectivity index (χ3n) is 4.32. The van der Waals surface area contributed by atoms with E-state index in [2.05, 4.69) is 5.32 Å². The Morgan fingerprint density at radius 1 is 1.23 bits per heavy atom. The molecule has 2 amide bonds. The number of carbonyl (C=O) groups excluding carboxylic acids is 2. The van der Waals surface area contributed by atoms with Crippen molar-refractivity contribution in [2.75, 3.05) is 16.8 Å². The molecule has 1 N–H and O–H groups in total.